The molecule has 0 radical (unpaired) electrons. The smallest absolute Gasteiger partial charge is 0.159 e. The van der Waals surface area contributed by atoms with E-state index < -0.39 is 11.6 Å². The highest BCUT2D eigenvalue weighted by atomic mass is 19.2. The molecule has 0 amide bonds. The van der Waals surface area contributed by atoms with Gasteiger partial charge >= 0.3 is 0 Å². The Morgan fingerprint density at radius 2 is 1.95 bits per heavy atom. The molecular formula is C16H17F2NO. The van der Waals surface area contributed by atoms with E-state index in [1.54, 1.807) is 6.07 Å². The van der Waals surface area contributed by atoms with Crippen LogP contribution < -0.4 is 0 Å². The van der Waals surface area contributed by atoms with Crippen molar-refractivity contribution >= 4 is 0 Å². The van der Waals surface area contributed by atoms with Gasteiger partial charge in [0.05, 0.1) is 18.8 Å². The van der Waals surface area contributed by atoms with Crippen molar-refractivity contribution in [1.29, 1.82) is 5.26 Å². The van der Waals surface area contributed by atoms with Crippen molar-refractivity contribution in [2.45, 2.75) is 38.4 Å². The Morgan fingerprint density at radius 3 is 2.60 bits per heavy atom. The van der Waals surface area contributed by atoms with Crippen LogP contribution in [0, 0.1) is 28.9 Å². The molecule has 1 saturated carbocycles. The number of nitriles is 1. The third-order valence-electron chi connectivity index (χ3n) is 3.63. The lowest BCUT2D eigenvalue weighted by molar-refractivity contribution is 0.0109. The first kappa shape index (κ1) is 14.7. The minimum atomic E-state index is -0.837. The molecule has 0 bridgehead atoms. The highest BCUT2D eigenvalue weighted by molar-refractivity contribution is 5.16. The van der Waals surface area contributed by atoms with Crippen LogP contribution in [0.5, 0.6) is 0 Å². The van der Waals surface area contributed by atoms with Crippen molar-refractivity contribution in [3.05, 3.63) is 47.5 Å². The lowest BCUT2D eigenvalue weighted by atomic mass is 9.87. The fraction of sp³-hybridized carbons (Fsp3) is 0.438. The van der Waals surface area contributed by atoms with Crippen LogP contribution in [-0.2, 0) is 11.3 Å². The number of ether oxygens (including phenoxy) is 1. The first-order valence-electron chi connectivity index (χ1n) is 6.81. The lowest BCUT2D eigenvalue weighted by Gasteiger charge is -2.26. The molecule has 106 valence electrons. The van der Waals surface area contributed by atoms with E-state index >= 15 is 0 Å². The molecule has 0 atom stereocenters. The predicted molar refractivity (Wildman–Crippen MR) is 71.6 cm³/mol. The summed E-state index contributed by atoms with van der Waals surface area (Å²) in [7, 11) is 0. The van der Waals surface area contributed by atoms with E-state index in [2.05, 4.69) is 0 Å². The molecule has 0 heterocycles. The molecule has 0 saturated heterocycles. The van der Waals surface area contributed by atoms with Crippen LogP contribution in [0.3, 0.4) is 0 Å². The van der Waals surface area contributed by atoms with Crippen LogP contribution in [0.4, 0.5) is 8.78 Å². The Morgan fingerprint density at radius 1 is 1.20 bits per heavy atom. The summed E-state index contributed by atoms with van der Waals surface area (Å²) in [6, 6.07) is 5.85. The normalized spacial score (nSPS) is 22.9. The summed E-state index contributed by atoms with van der Waals surface area (Å²) in [6.07, 6.45) is 7.52. The molecule has 1 aliphatic carbocycles. The molecule has 0 aliphatic heterocycles. The van der Waals surface area contributed by atoms with Crippen LogP contribution in [0.1, 0.15) is 31.2 Å². The van der Waals surface area contributed by atoms with Gasteiger partial charge in [-0.15, -0.1) is 0 Å². The van der Waals surface area contributed by atoms with Crippen molar-refractivity contribution in [3.63, 3.8) is 0 Å². The SMILES string of the molecule is N#C/C=C/C1CCC(OCc2ccc(F)c(F)c2)CC1. The van der Waals surface area contributed by atoms with Crippen molar-refractivity contribution in [2.24, 2.45) is 5.92 Å². The van der Waals surface area contributed by atoms with Gasteiger partial charge in [0, 0.05) is 6.08 Å². The molecule has 2 nitrogen and oxygen atoms in total. The standard InChI is InChI=1S/C16H17F2NO/c17-15-8-5-13(10-16(15)18)11-20-14-6-3-12(4-7-14)2-1-9-19/h1-2,5,8,10,12,14H,3-4,6-7,11H2/b2-1+. The van der Waals surface area contributed by atoms with E-state index in [-0.39, 0.29) is 6.10 Å². The summed E-state index contributed by atoms with van der Waals surface area (Å²) in [5.41, 5.74) is 0.649. The van der Waals surface area contributed by atoms with Crippen LogP contribution >= 0.6 is 0 Å². The first-order chi connectivity index (χ1) is 9.69. The van der Waals surface area contributed by atoms with Gasteiger partial charge in [-0.3, -0.25) is 0 Å². The average molecular weight is 277 g/mol. The van der Waals surface area contributed by atoms with E-state index in [9.17, 15) is 8.78 Å². The average Bonchev–Trinajstić information content (AvgIpc) is 2.47. The molecule has 0 N–H and O–H groups in total. The molecular weight excluding hydrogens is 260 g/mol. The zero-order chi connectivity index (χ0) is 14.4. The summed E-state index contributed by atoms with van der Waals surface area (Å²) < 4.78 is 31.6. The molecule has 1 aromatic carbocycles. The molecule has 20 heavy (non-hydrogen) atoms. The lowest BCUT2D eigenvalue weighted by Crippen LogP contribution is -2.20. The molecule has 4 heteroatoms. The molecule has 0 aromatic heterocycles. The molecule has 0 unspecified atom stereocenters. The second kappa shape index (κ2) is 7.16. The van der Waals surface area contributed by atoms with E-state index in [0.29, 0.717) is 18.1 Å². The van der Waals surface area contributed by atoms with Gasteiger partial charge in [-0.1, -0.05) is 12.1 Å². The fourth-order valence-corrected chi connectivity index (χ4v) is 2.47. The topological polar surface area (TPSA) is 33.0 Å². The largest absolute Gasteiger partial charge is 0.374 e. The monoisotopic (exact) mass is 277 g/mol. The van der Waals surface area contributed by atoms with Gasteiger partial charge in [-0.2, -0.15) is 5.26 Å². The number of halogens is 2. The van der Waals surface area contributed by atoms with E-state index in [4.69, 9.17) is 10.00 Å². The summed E-state index contributed by atoms with van der Waals surface area (Å²) in [6.45, 7) is 0.306. The minimum Gasteiger partial charge on any atom is -0.374 e. The number of hydrogen-bond acceptors (Lipinski definition) is 2. The van der Waals surface area contributed by atoms with Gasteiger partial charge in [0.2, 0.25) is 0 Å². The zero-order valence-corrected chi connectivity index (χ0v) is 11.2. The maximum Gasteiger partial charge on any atom is 0.159 e. The molecule has 2 rings (SSSR count). The molecule has 1 aliphatic rings. The van der Waals surface area contributed by atoms with E-state index in [0.717, 1.165) is 31.7 Å². The summed E-state index contributed by atoms with van der Waals surface area (Å²) in [5.74, 6) is -1.22. The van der Waals surface area contributed by atoms with Crippen molar-refractivity contribution in [1.82, 2.24) is 0 Å². The van der Waals surface area contributed by atoms with Gasteiger partial charge in [-0.05, 0) is 49.3 Å². The molecule has 1 aromatic rings. The molecule has 1 fully saturated rings. The van der Waals surface area contributed by atoms with Crippen molar-refractivity contribution in [2.75, 3.05) is 0 Å². The van der Waals surface area contributed by atoms with Crippen LogP contribution in [-0.4, -0.2) is 6.10 Å². The second-order valence-corrected chi connectivity index (χ2v) is 5.08. The van der Waals surface area contributed by atoms with Crippen LogP contribution in [0.15, 0.2) is 30.4 Å². The predicted octanol–water partition coefficient (Wildman–Crippen LogP) is 4.12. The first-order valence-corrected chi connectivity index (χ1v) is 6.81. The maximum atomic E-state index is 13.0. The Balaban J connectivity index is 1.77. The van der Waals surface area contributed by atoms with Crippen LogP contribution in [0.2, 0.25) is 0 Å². The Labute approximate surface area is 117 Å². The fourth-order valence-electron chi connectivity index (χ4n) is 2.47. The van der Waals surface area contributed by atoms with Crippen molar-refractivity contribution < 1.29 is 13.5 Å². The van der Waals surface area contributed by atoms with Gasteiger partial charge < -0.3 is 4.74 Å². The third-order valence-corrected chi connectivity index (χ3v) is 3.63. The summed E-state index contributed by atoms with van der Waals surface area (Å²) >= 11 is 0. The van der Waals surface area contributed by atoms with Gasteiger partial charge in [-0.25, -0.2) is 8.78 Å². The van der Waals surface area contributed by atoms with E-state index in [1.807, 2.05) is 12.1 Å². The number of hydrogen-bond donors (Lipinski definition) is 0. The van der Waals surface area contributed by atoms with Crippen LogP contribution in [0.25, 0.3) is 0 Å². The Hall–Kier alpha value is -1.73. The highest BCUT2D eigenvalue weighted by Gasteiger charge is 2.20. The zero-order valence-electron chi connectivity index (χ0n) is 11.2. The van der Waals surface area contributed by atoms with Crippen molar-refractivity contribution in [3.8, 4) is 6.07 Å². The molecule has 0 spiro atoms. The van der Waals surface area contributed by atoms with Gasteiger partial charge in [0.1, 0.15) is 0 Å². The quantitative estimate of drug-likeness (QED) is 0.775. The summed E-state index contributed by atoms with van der Waals surface area (Å²) in [5, 5.41) is 8.48. The maximum absolute atomic E-state index is 13.0. The minimum absolute atomic E-state index is 0.162. The number of nitrogens with zero attached hydrogens (tertiary/aromatic N) is 1. The summed E-state index contributed by atoms with van der Waals surface area (Å²) in [4.78, 5) is 0. The number of allylic oxidation sites excluding steroid dienone is 2. The van der Waals surface area contributed by atoms with Gasteiger partial charge in [0.25, 0.3) is 0 Å². The number of rotatable bonds is 4. The third kappa shape index (κ3) is 4.14. The second-order valence-electron chi connectivity index (χ2n) is 5.08. The Kier molecular flexibility index (Phi) is 5.25. The highest BCUT2D eigenvalue weighted by Crippen LogP contribution is 2.27. The Bertz CT molecular complexity index is 514. The number of benzene rings is 1. The van der Waals surface area contributed by atoms with E-state index in [1.165, 1.54) is 12.1 Å². The van der Waals surface area contributed by atoms with Gasteiger partial charge in [0.15, 0.2) is 11.6 Å².